The predicted octanol–water partition coefficient (Wildman–Crippen LogP) is 3.83. The third-order valence-corrected chi connectivity index (χ3v) is 4.28. The molecule has 0 atom stereocenters. The van der Waals surface area contributed by atoms with Gasteiger partial charge in [-0.25, -0.2) is 0 Å². The largest absolute Gasteiger partial charge is 0.493 e. The minimum atomic E-state index is -0.224. The summed E-state index contributed by atoms with van der Waals surface area (Å²) in [5, 5.41) is 2.92. The number of carbonyl (C=O) groups is 1. The molecule has 27 heavy (non-hydrogen) atoms. The van der Waals surface area contributed by atoms with Crippen molar-refractivity contribution in [1.82, 2.24) is 0 Å². The van der Waals surface area contributed by atoms with Crippen molar-refractivity contribution in [2.24, 2.45) is 0 Å². The summed E-state index contributed by atoms with van der Waals surface area (Å²) in [4.78, 5) is 12.7. The van der Waals surface area contributed by atoms with Crippen LogP contribution in [0.5, 0.6) is 23.0 Å². The first kappa shape index (κ1) is 18.6. The van der Waals surface area contributed by atoms with Gasteiger partial charge < -0.3 is 24.3 Å². The number of benzene rings is 2. The fraction of sp³-hybridized carbons (Fsp3) is 0.286. The lowest BCUT2D eigenvalue weighted by Crippen LogP contribution is -2.22. The molecule has 0 unspecified atom stereocenters. The molecule has 1 amide bonds. The number of amides is 1. The number of nitrogens with one attached hydrogen (secondary N) is 1. The van der Waals surface area contributed by atoms with E-state index >= 15 is 0 Å². The van der Waals surface area contributed by atoms with Crippen molar-refractivity contribution in [2.75, 3.05) is 32.8 Å². The van der Waals surface area contributed by atoms with Crippen LogP contribution in [0.4, 0.5) is 5.69 Å². The van der Waals surface area contributed by atoms with Crippen LogP contribution in [-0.2, 0) is 4.79 Å². The van der Waals surface area contributed by atoms with E-state index in [1.807, 2.05) is 44.2 Å². The lowest BCUT2D eigenvalue weighted by atomic mass is 10.1. The molecule has 1 N–H and O–H groups in total. The van der Waals surface area contributed by atoms with Gasteiger partial charge >= 0.3 is 0 Å². The van der Waals surface area contributed by atoms with Crippen LogP contribution < -0.4 is 24.3 Å². The summed E-state index contributed by atoms with van der Waals surface area (Å²) in [7, 11) is 3.14. The van der Waals surface area contributed by atoms with Crippen LogP contribution in [0.2, 0.25) is 0 Å². The fourth-order valence-corrected chi connectivity index (χ4v) is 2.90. The number of ether oxygens (including phenoxy) is 4. The standard InChI is InChI=1S/C21H23NO5/c1-5-26-17-8-6-7-14-10-15(12-27-20(14)17)21(23)22-16-11-19(25-4)18(24-3)9-13(16)2/h6-11H,5,12H2,1-4H3,(H,22,23). The number of carbonyl (C=O) groups excluding carboxylic acids is 1. The van der Waals surface area contributed by atoms with Gasteiger partial charge in [-0.15, -0.1) is 0 Å². The average molecular weight is 369 g/mol. The van der Waals surface area contributed by atoms with Gasteiger partial charge in [-0.1, -0.05) is 12.1 Å². The highest BCUT2D eigenvalue weighted by Gasteiger charge is 2.21. The molecule has 0 saturated carbocycles. The summed E-state index contributed by atoms with van der Waals surface area (Å²) in [6.45, 7) is 4.54. The minimum absolute atomic E-state index is 0.176. The van der Waals surface area contributed by atoms with Crippen molar-refractivity contribution in [2.45, 2.75) is 13.8 Å². The van der Waals surface area contributed by atoms with E-state index in [1.54, 1.807) is 20.3 Å². The maximum Gasteiger partial charge on any atom is 0.255 e. The van der Waals surface area contributed by atoms with Crippen LogP contribution in [-0.4, -0.2) is 33.3 Å². The lowest BCUT2D eigenvalue weighted by Gasteiger charge is -2.20. The Balaban J connectivity index is 1.84. The molecule has 0 fully saturated rings. The quantitative estimate of drug-likeness (QED) is 0.838. The van der Waals surface area contributed by atoms with Crippen LogP contribution in [0, 0.1) is 6.92 Å². The van der Waals surface area contributed by atoms with E-state index < -0.39 is 0 Å². The number of hydrogen-bond acceptors (Lipinski definition) is 5. The van der Waals surface area contributed by atoms with Gasteiger partial charge in [0.1, 0.15) is 6.61 Å². The zero-order valence-electron chi connectivity index (χ0n) is 15.9. The molecule has 1 heterocycles. The van der Waals surface area contributed by atoms with Crippen LogP contribution in [0.25, 0.3) is 6.08 Å². The minimum Gasteiger partial charge on any atom is -0.493 e. The Hall–Kier alpha value is -3.15. The second-order valence-electron chi connectivity index (χ2n) is 6.04. The van der Waals surface area contributed by atoms with Crippen LogP contribution in [0.1, 0.15) is 18.1 Å². The molecule has 1 aliphatic heterocycles. The van der Waals surface area contributed by atoms with Crippen molar-refractivity contribution in [3.63, 3.8) is 0 Å². The Morgan fingerprint density at radius 2 is 1.89 bits per heavy atom. The van der Waals surface area contributed by atoms with E-state index in [0.29, 0.717) is 40.9 Å². The highest BCUT2D eigenvalue weighted by atomic mass is 16.5. The number of para-hydroxylation sites is 1. The topological polar surface area (TPSA) is 66.0 Å². The Morgan fingerprint density at radius 3 is 2.59 bits per heavy atom. The summed E-state index contributed by atoms with van der Waals surface area (Å²) in [5.41, 5.74) is 2.89. The molecule has 0 saturated heterocycles. The van der Waals surface area contributed by atoms with E-state index in [1.165, 1.54) is 0 Å². The Morgan fingerprint density at radius 1 is 1.15 bits per heavy atom. The van der Waals surface area contributed by atoms with Crippen LogP contribution in [0.3, 0.4) is 0 Å². The number of aryl methyl sites for hydroxylation is 1. The number of anilines is 1. The Kier molecular flexibility index (Phi) is 5.54. The van der Waals surface area contributed by atoms with Gasteiger partial charge in [-0.3, -0.25) is 4.79 Å². The second-order valence-corrected chi connectivity index (χ2v) is 6.04. The van der Waals surface area contributed by atoms with Gasteiger partial charge in [0.25, 0.3) is 5.91 Å². The molecule has 2 aromatic carbocycles. The average Bonchev–Trinajstić information content (AvgIpc) is 2.69. The summed E-state index contributed by atoms with van der Waals surface area (Å²) < 4.78 is 22.0. The van der Waals surface area contributed by atoms with Crippen LogP contribution in [0.15, 0.2) is 35.9 Å². The van der Waals surface area contributed by atoms with Crippen molar-refractivity contribution >= 4 is 17.7 Å². The van der Waals surface area contributed by atoms with Gasteiger partial charge in [-0.2, -0.15) is 0 Å². The maximum atomic E-state index is 12.7. The highest BCUT2D eigenvalue weighted by Crippen LogP contribution is 2.37. The summed E-state index contributed by atoms with van der Waals surface area (Å²) in [6, 6.07) is 9.20. The maximum absolute atomic E-state index is 12.7. The van der Waals surface area contributed by atoms with E-state index in [9.17, 15) is 4.79 Å². The molecular formula is C21H23NO5. The van der Waals surface area contributed by atoms with E-state index in [2.05, 4.69) is 5.32 Å². The fourth-order valence-electron chi connectivity index (χ4n) is 2.90. The normalized spacial score (nSPS) is 12.4. The molecule has 3 rings (SSSR count). The highest BCUT2D eigenvalue weighted by molar-refractivity contribution is 6.08. The lowest BCUT2D eigenvalue weighted by molar-refractivity contribution is -0.113. The molecule has 0 aromatic heterocycles. The predicted molar refractivity (Wildman–Crippen MR) is 104 cm³/mol. The molecule has 2 aromatic rings. The first-order valence-corrected chi connectivity index (χ1v) is 8.70. The molecule has 0 bridgehead atoms. The van der Waals surface area contributed by atoms with E-state index in [4.69, 9.17) is 18.9 Å². The Bertz CT molecular complexity index is 888. The first-order valence-electron chi connectivity index (χ1n) is 8.70. The van der Waals surface area contributed by atoms with Gasteiger partial charge in [0.2, 0.25) is 0 Å². The number of hydrogen-bond donors (Lipinski definition) is 1. The monoisotopic (exact) mass is 369 g/mol. The molecule has 6 heteroatoms. The summed E-state index contributed by atoms with van der Waals surface area (Å²) in [6.07, 6.45) is 1.83. The summed E-state index contributed by atoms with van der Waals surface area (Å²) >= 11 is 0. The Labute approximate surface area is 158 Å². The van der Waals surface area contributed by atoms with Gasteiger partial charge in [0.15, 0.2) is 23.0 Å². The van der Waals surface area contributed by atoms with Crippen molar-refractivity contribution in [1.29, 1.82) is 0 Å². The zero-order chi connectivity index (χ0) is 19.4. The third-order valence-electron chi connectivity index (χ3n) is 4.28. The third kappa shape index (κ3) is 3.84. The summed E-state index contributed by atoms with van der Waals surface area (Å²) in [5.74, 6) is 2.29. The van der Waals surface area contributed by atoms with E-state index in [-0.39, 0.29) is 12.5 Å². The second kappa shape index (κ2) is 8.03. The zero-order valence-corrected chi connectivity index (χ0v) is 15.9. The molecule has 0 radical (unpaired) electrons. The number of fused-ring (bicyclic) bond motifs is 1. The number of rotatable bonds is 6. The smallest absolute Gasteiger partial charge is 0.255 e. The van der Waals surface area contributed by atoms with Crippen molar-refractivity contribution < 1.29 is 23.7 Å². The molecule has 0 aliphatic carbocycles. The van der Waals surface area contributed by atoms with Crippen LogP contribution >= 0.6 is 0 Å². The van der Waals surface area contributed by atoms with Crippen molar-refractivity contribution in [3.05, 3.63) is 47.0 Å². The molecule has 1 aliphatic rings. The van der Waals surface area contributed by atoms with Gasteiger partial charge in [0, 0.05) is 17.3 Å². The van der Waals surface area contributed by atoms with Gasteiger partial charge in [-0.05, 0) is 37.6 Å². The SMILES string of the molecule is CCOc1cccc2c1OCC(C(=O)Nc1cc(OC)c(OC)cc1C)=C2. The molecule has 142 valence electrons. The van der Waals surface area contributed by atoms with E-state index in [0.717, 1.165) is 11.1 Å². The molecule has 0 spiro atoms. The molecular weight excluding hydrogens is 346 g/mol. The van der Waals surface area contributed by atoms with Crippen molar-refractivity contribution in [3.8, 4) is 23.0 Å². The number of methoxy groups -OCH3 is 2. The first-order chi connectivity index (χ1) is 13.1. The van der Waals surface area contributed by atoms with Gasteiger partial charge in [0.05, 0.1) is 26.4 Å². The molecule has 6 nitrogen and oxygen atoms in total.